The van der Waals surface area contributed by atoms with Gasteiger partial charge in [-0.25, -0.2) is 0 Å². The van der Waals surface area contributed by atoms with E-state index in [0.29, 0.717) is 0 Å². The minimum Gasteiger partial charge on any atom is -0.385 e. The van der Waals surface area contributed by atoms with Gasteiger partial charge in [-0.15, -0.1) is 24.0 Å². The minimum atomic E-state index is 0. The van der Waals surface area contributed by atoms with Gasteiger partial charge in [-0.2, -0.15) is 0 Å². The van der Waals surface area contributed by atoms with Crippen molar-refractivity contribution in [2.75, 3.05) is 66.7 Å². The Bertz CT molecular complexity index is 268. The Morgan fingerprint density at radius 2 is 1.83 bits per heavy atom. The molecule has 0 rings (SSSR count). The number of methoxy groups -OCH3 is 1. The molecule has 0 radical (unpaired) electrons. The molecule has 0 aromatic heterocycles. The molecule has 0 aliphatic heterocycles. The Labute approximate surface area is 159 Å². The van der Waals surface area contributed by atoms with Crippen LogP contribution in [0, 0.1) is 0 Å². The van der Waals surface area contributed by atoms with Gasteiger partial charge in [-0.3, -0.25) is 4.99 Å². The van der Waals surface area contributed by atoms with Gasteiger partial charge >= 0.3 is 0 Å². The monoisotopic (exact) mass is 444 g/mol. The number of hydrogen-bond donors (Lipinski definition) is 2. The van der Waals surface area contributed by atoms with E-state index in [-0.39, 0.29) is 24.0 Å². The number of nitrogens with zero attached hydrogens (tertiary/aromatic N) is 2. The zero-order chi connectivity index (χ0) is 16.5. The van der Waals surface area contributed by atoms with Gasteiger partial charge in [0.05, 0.1) is 13.2 Å². The van der Waals surface area contributed by atoms with E-state index in [1.165, 1.54) is 6.42 Å². The normalized spacial score (nSPS) is 11.4. The molecule has 0 saturated carbocycles. The molecular formula is C16H37IN4O2. The van der Waals surface area contributed by atoms with Crippen LogP contribution in [0.1, 0.15) is 33.1 Å². The lowest BCUT2D eigenvalue weighted by Gasteiger charge is -2.16. The van der Waals surface area contributed by atoms with E-state index in [9.17, 15) is 0 Å². The number of guanidine groups is 1. The maximum Gasteiger partial charge on any atom is 0.191 e. The highest BCUT2D eigenvalue weighted by Crippen LogP contribution is 1.89. The number of aliphatic imine (C=N–C) groups is 1. The quantitative estimate of drug-likeness (QED) is 0.186. The van der Waals surface area contributed by atoms with Crippen LogP contribution >= 0.6 is 24.0 Å². The summed E-state index contributed by atoms with van der Waals surface area (Å²) in [4.78, 5) is 6.86. The summed E-state index contributed by atoms with van der Waals surface area (Å²) >= 11 is 0. The highest BCUT2D eigenvalue weighted by Gasteiger charge is 1.99. The zero-order valence-corrected chi connectivity index (χ0v) is 17.7. The zero-order valence-electron chi connectivity index (χ0n) is 15.4. The number of likely N-dealkylation sites (N-methyl/N-ethyl adjacent to an activating group) is 1. The lowest BCUT2D eigenvalue weighted by molar-refractivity contribution is 0.136. The summed E-state index contributed by atoms with van der Waals surface area (Å²) in [5, 5.41) is 6.55. The maximum atomic E-state index is 5.53. The van der Waals surface area contributed by atoms with Crippen LogP contribution in [-0.4, -0.2) is 77.6 Å². The first-order chi connectivity index (χ1) is 10.7. The molecule has 0 heterocycles. The van der Waals surface area contributed by atoms with Crippen molar-refractivity contribution in [1.29, 1.82) is 0 Å². The molecule has 0 saturated heterocycles. The van der Waals surface area contributed by atoms with Gasteiger partial charge in [0.15, 0.2) is 5.96 Å². The maximum absolute atomic E-state index is 5.53. The van der Waals surface area contributed by atoms with Gasteiger partial charge in [-0.05, 0) is 26.8 Å². The Morgan fingerprint density at radius 1 is 1.04 bits per heavy atom. The fourth-order valence-electron chi connectivity index (χ4n) is 1.85. The summed E-state index contributed by atoms with van der Waals surface area (Å²) in [5.41, 5.74) is 0. The molecule has 0 aromatic rings. The third-order valence-electron chi connectivity index (χ3n) is 3.17. The summed E-state index contributed by atoms with van der Waals surface area (Å²) in [6, 6.07) is 0. The second-order valence-corrected chi connectivity index (χ2v) is 5.30. The van der Waals surface area contributed by atoms with Crippen molar-refractivity contribution in [3.63, 3.8) is 0 Å². The van der Waals surface area contributed by atoms with Crippen molar-refractivity contribution in [3.05, 3.63) is 0 Å². The first kappa shape index (κ1) is 25.1. The fourth-order valence-corrected chi connectivity index (χ4v) is 1.85. The van der Waals surface area contributed by atoms with Crippen molar-refractivity contribution in [1.82, 2.24) is 15.5 Å². The van der Waals surface area contributed by atoms with E-state index in [1.54, 1.807) is 7.11 Å². The van der Waals surface area contributed by atoms with Crippen molar-refractivity contribution >= 4 is 29.9 Å². The molecule has 0 spiro atoms. The molecule has 140 valence electrons. The lowest BCUT2D eigenvalue weighted by Crippen LogP contribution is -2.39. The Kier molecular flexibility index (Phi) is 21.8. The molecule has 23 heavy (non-hydrogen) atoms. The van der Waals surface area contributed by atoms with Crippen molar-refractivity contribution in [2.24, 2.45) is 4.99 Å². The first-order valence-corrected chi connectivity index (χ1v) is 8.52. The van der Waals surface area contributed by atoms with Crippen LogP contribution in [-0.2, 0) is 9.47 Å². The van der Waals surface area contributed by atoms with E-state index in [4.69, 9.17) is 9.47 Å². The summed E-state index contributed by atoms with van der Waals surface area (Å²) < 4.78 is 10.6. The van der Waals surface area contributed by atoms with E-state index in [1.807, 2.05) is 0 Å². The number of ether oxygens (including phenoxy) is 2. The van der Waals surface area contributed by atoms with Gasteiger partial charge in [0.1, 0.15) is 0 Å². The smallest absolute Gasteiger partial charge is 0.191 e. The van der Waals surface area contributed by atoms with Gasteiger partial charge in [0, 0.05) is 46.5 Å². The molecule has 0 unspecified atom stereocenters. The number of rotatable bonds is 14. The predicted octanol–water partition coefficient (Wildman–Crippen LogP) is 1.94. The second-order valence-electron chi connectivity index (χ2n) is 5.30. The van der Waals surface area contributed by atoms with Crippen molar-refractivity contribution in [2.45, 2.75) is 33.1 Å². The Morgan fingerprint density at radius 3 is 2.48 bits per heavy atom. The highest BCUT2D eigenvalue weighted by molar-refractivity contribution is 14.0. The summed E-state index contributed by atoms with van der Waals surface area (Å²) in [6.45, 7) is 11.1. The summed E-state index contributed by atoms with van der Waals surface area (Å²) in [5.74, 6) is 0.867. The third-order valence-corrected chi connectivity index (χ3v) is 3.17. The molecule has 0 aliphatic carbocycles. The number of halogens is 1. The molecule has 2 N–H and O–H groups in total. The van der Waals surface area contributed by atoms with Crippen LogP contribution < -0.4 is 10.6 Å². The Hall–Kier alpha value is -0.120. The van der Waals surface area contributed by atoms with Crippen LogP contribution in [0.25, 0.3) is 0 Å². The lowest BCUT2D eigenvalue weighted by atomic mass is 10.4. The number of unbranched alkanes of at least 4 members (excludes halogenated alkanes) is 1. The number of hydrogen-bond acceptors (Lipinski definition) is 4. The Balaban J connectivity index is 0. The topological polar surface area (TPSA) is 58.1 Å². The van der Waals surface area contributed by atoms with Crippen LogP contribution in [0.15, 0.2) is 4.99 Å². The molecule has 0 amide bonds. The summed E-state index contributed by atoms with van der Waals surface area (Å²) in [7, 11) is 3.86. The SMILES string of the molecule is CCCCOCCNC(=NCCN(C)CCCOC)NCC.I. The molecule has 7 heteroatoms. The van der Waals surface area contributed by atoms with Gasteiger partial charge < -0.3 is 25.0 Å². The highest BCUT2D eigenvalue weighted by atomic mass is 127. The van der Waals surface area contributed by atoms with E-state index in [0.717, 1.165) is 71.3 Å². The molecule has 0 atom stereocenters. The average molecular weight is 444 g/mol. The average Bonchev–Trinajstić information content (AvgIpc) is 2.51. The largest absolute Gasteiger partial charge is 0.385 e. The molecular weight excluding hydrogens is 407 g/mol. The van der Waals surface area contributed by atoms with E-state index >= 15 is 0 Å². The first-order valence-electron chi connectivity index (χ1n) is 8.52. The minimum absolute atomic E-state index is 0. The van der Waals surface area contributed by atoms with E-state index in [2.05, 4.69) is 41.4 Å². The molecule has 0 fully saturated rings. The third kappa shape index (κ3) is 18.1. The molecule has 6 nitrogen and oxygen atoms in total. The van der Waals surface area contributed by atoms with Gasteiger partial charge in [-0.1, -0.05) is 13.3 Å². The van der Waals surface area contributed by atoms with Crippen molar-refractivity contribution < 1.29 is 9.47 Å². The summed E-state index contributed by atoms with van der Waals surface area (Å²) in [6.07, 6.45) is 3.36. The standard InChI is InChI=1S/C16H36N4O2.HI/c1-5-7-14-22-15-10-19-16(17-6-2)18-9-12-20(3)11-8-13-21-4;/h5-15H2,1-4H3,(H2,17,18,19);1H. The van der Waals surface area contributed by atoms with Crippen molar-refractivity contribution in [3.8, 4) is 0 Å². The predicted molar refractivity (Wildman–Crippen MR) is 109 cm³/mol. The van der Waals surface area contributed by atoms with Crippen LogP contribution in [0.4, 0.5) is 0 Å². The van der Waals surface area contributed by atoms with Gasteiger partial charge in [0.25, 0.3) is 0 Å². The fraction of sp³-hybridized carbons (Fsp3) is 0.938. The van der Waals surface area contributed by atoms with E-state index < -0.39 is 0 Å². The van der Waals surface area contributed by atoms with Crippen LogP contribution in [0.5, 0.6) is 0 Å². The molecule has 0 bridgehead atoms. The number of nitrogens with one attached hydrogen (secondary N) is 2. The van der Waals surface area contributed by atoms with Crippen LogP contribution in [0.3, 0.4) is 0 Å². The van der Waals surface area contributed by atoms with Gasteiger partial charge in [0.2, 0.25) is 0 Å². The van der Waals surface area contributed by atoms with Crippen LogP contribution in [0.2, 0.25) is 0 Å². The molecule has 0 aliphatic rings. The molecule has 0 aromatic carbocycles. The second kappa shape index (κ2) is 19.9.